The van der Waals surface area contributed by atoms with Gasteiger partial charge in [-0.3, -0.25) is 0 Å². The van der Waals surface area contributed by atoms with E-state index in [4.69, 9.17) is 22.4 Å². The van der Waals surface area contributed by atoms with Crippen molar-refractivity contribution >= 4 is 28.5 Å². The minimum absolute atomic E-state index is 0.465. The summed E-state index contributed by atoms with van der Waals surface area (Å²) in [4.78, 5) is 8.48. The Bertz CT molecular complexity index is 805. The highest BCUT2D eigenvalue weighted by Gasteiger charge is 2.25. The number of benzene rings is 1. The number of aromatic nitrogens is 4. The third-order valence-electron chi connectivity index (χ3n) is 3.80. The van der Waals surface area contributed by atoms with Crippen LogP contribution in [-0.2, 0) is 6.54 Å². The lowest BCUT2D eigenvalue weighted by Gasteiger charge is -2.00. The van der Waals surface area contributed by atoms with Crippen molar-refractivity contribution in [2.24, 2.45) is 5.92 Å². The van der Waals surface area contributed by atoms with E-state index in [-0.39, 0.29) is 0 Å². The molecular weight excluding hydrogens is 286 g/mol. The van der Waals surface area contributed by atoms with Crippen molar-refractivity contribution in [2.45, 2.75) is 19.4 Å². The van der Waals surface area contributed by atoms with Crippen LogP contribution in [0.25, 0.3) is 22.3 Å². The number of fused-ring (bicyclic) bond motifs is 1. The van der Waals surface area contributed by atoms with Crippen molar-refractivity contribution in [1.82, 2.24) is 19.7 Å². The second-order valence-electron chi connectivity index (χ2n) is 5.44. The van der Waals surface area contributed by atoms with Gasteiger partial charge in [-0.05, 0) is 30.9 Å². The molecule has 21 heavy (non-hydrogen) atoms. The van der Waals surface area contributed by atoms with Gasteiger partial charge in [0.2, 0.25) is 0 Å². The predicted octanol–water partition coefficient (Wildman–Crippen LogP) is 3.14. The van der Waals surface area contributed by atoms with Crippen molar-refractivity contribution in [2.75, 3.05) is 5.73 Å². The quantitative estimate of drug-likeness (QED) is 0.806. The molecular formula is C15H14ClN5. The molecule has 0 amide bonds. The lowest BCUT2D eigenvalue weighted by molar-refractivity contribution is 0.577. The first-order valence-electron chi connectivity index (χ1n) is 6.95. The van der Waals surface area contributed by atoms with Gasteiger partial charge in [-0.1, -0.05) is 23.7 Å². The Morgan fingerprint density at radius 1 is 1.19 bits per heavy atom. The van der Waals surface area contributed by atoms with Gasteiger partial charge in [0.1, 0.15) is 17.8 Å². The van der Waals surface area contributed by atoms with E-state index in [2.05, 4.69) is 9.97 Å². The number of halogens is 1. The molecule has 0 saturated heterocycles. The van der Waals surface area contributed by atoms with Crippen LogP contribution in [0.2, 0.25) is 5.02 Å². The zero-order chi connectivity index (χ0) is 14.4. The molecule has 0 unspecified atom stereocenters. The van der Waals surface area contributed by atoms with Gasteiger partial charge in [-0.2, -0.15) is 5.10 Å². The Kier molecular flexibility index (Phi) is 2.82. The van der Waals surface area contributed by atoms with Crippen LogP contribution in [-0.4, -0.2) is 19.7 Å². The number of rotatable bonds is 3. The van der Waals surface area contributed by atoms with Crippen LogP contribution in [0.4, 0.5) is 5.82 Å². The number of nitrogens with two attached hydrogens (primary N) is 1. The van der Waals surface area contributed by atoms with E-state index in [0.29, 0.717) is 16.8 Å². The summed E-state index contributed by atoms with van der Waals surface area (Å²) in [5, 5.41) is 6.24. The van der Waals surface area contributed by atoms with Crippen LogP contribution >= 0.6 is 11.6 Å². The molecule has 2 N–H and O–H groups in total. The van der Waals surface area contributed by atoms with Gasteiger partial charge in [0.05, 0.1) is 5.39 Å². The van der Waals surface area contributed by atoms with E-state index >= 15 is 0 Å². The highest BCUT2D eigenvalue weighted by molar-refractivity contribution is 6.30. The Labute approximate surface area is 126 Å². The van der Waals surface area contributed by atoms with Gasteiger partial charge in [0.25, 0.3) is 0 Å². The Balaban J connectivity index is 1.92. The third kappa shape index (κ3) is 2.23. The smallest absolute Gasteiger partial charge is 0.163 e. The summed E-state index contributed by atoms with van der Waals surface area (Å²) < 4.78 is 1.95. The molecule has 2 aromatic heterocycles. The first kappa shape index (κ1) is 12.6. The molecule has 0 atom stereocenters. The fourth-order valence-corrected chi connectivity index (χ4v) is 2.64. The van der Waals surface area contributed by atoms with Crippen LogP contribution in [0.3, 0.4) is 0 Å². The second kappa shape index (κ2) is 4.70. The molecule has 5 nitrogen and oxygen atoms in total. The number of nitrogens with zero attached hydrogens (tertiary/aromatic N) is 4. The molecule has 4 rings (SSSR count). The van der Waals surface area contributed by atoms with E-state index < -0.39 is 0 Å². The standard InChI is InChI=1S/C15H14ClN5/c16-11-5-3-10(4-6-11)13-12-14(17)18-8-19-15(12)21(20-13)7-9-1-2-9/h3-6,8-9H,1-2,7H2,(H2,17,18,19). The first-order chi connectivity index (χ1) is 10.2. The molecule has 0 bridgehead atoms. The fraction of sp³-hybridized carbons (Fsp3) is 0.267. The summed E-state index contributed by atoms with van der Waals surface area (Å²) >= 11 is 5.96. The van der Waals surface area contributed by atoms with Gasteiger partial charge < -0.3 is 5.73 Å². The molecule has 1 aliphatic rings. The average molecular weight is 300 g/mol. The number of anilines is 1. The van der Waals surface area contributed by atoms with Gasteiger partial charge in [0.15, 0.2) is 5.65 Å². The predicted molar refractivity (Wildman–Crippen MR) is 82.9 cm³/mol. The third-order valence-corrected chi connectivity index (χ3v) is 4.06. The fourth-order valence-electron chi connectivity index (χ4n) is 2.51. The highest BCUT2D eigenvalue weighted by Crippen LogP contribution is 2.34. The summed E-state index contributed by atoms with van der Waals surface area (Å²) in [6.07, 6.45) is 4.02. The Hall–Kier alpha value is -2.14. The summed E-state index contributed by atoms with van der Waals surface area (Å²) in [5.41, 5.74) is 8.65. The minimum Gasteiger partial charge on any atom is -0.383 e. The first-order valence-corrected chi connectivity index (χ1v) is 7.33. The second-order valence-corrected chi connectivity index (χ2v) is 5.87. The molecule has 0 radical (unpaired) electrons. The van der Waals surface area contributed by atoms with Crippen molar-refractivity contribution in [3.63, 3.8) is 0 Å². The van der Waals surface area contributed by atoms with Gasteiger partial charge in [-0.15, -0.1) is 0 Å². The molecule has 106 valence electrons. The van der Waals surface area contributed by atoms with E-state index in [1.807, 2.05) is 28.9 Å². The van der Waals surface area contributed by atoms with E-state index in [0.717, 1.165) is 28.8 Å². The summed E-state index contributed by atoms with van der Waals surface area (Å²) in [6.45, 7) is 0.889. The van der Waals surface area contributed by atoms with Gasteiger partial charge in [-0.25, -0.2) is 14.6 Å². The summed E-state index contributed by atoms with van der Waals surface area (Å²) in [5.74, 6) is 1.18. The average Bonchev–Trinajstić information content (AvgIpc) is 3.21. The number of hydrogen-bond donors (Lipinski definition) is 1. The van der Waals surface area contributed by atoms with Crippen LogP contribution in [0.1, 0.15) is 12.8 Å². The molecule has 0 aliphatic heterocycles. The zero-order valence-electron chi connectivity index (χ0n) is 11.3. The largest absolute Gasteiger partial charge is 0.383 e. The van der Waals surface area contributed by atoms with E-state index in [1.165, 1.54) is 19.2 Å². The zero-order valence-corrected chi connectivity index (χ0v) is 12.1. The normalized spacial score (nSPS) is 14.7. The topological polar surface area (TPSA) is 69.6 Å². The van der Waals surface area contributed by atoms with E-state index in [9.17, 15) is 0 Å². The minimum atomic E-state index is 0.465. The van der Waals surface area contributed by atoms with Crippen LogP contribution in [0, 0.1) is 5.92 Å². The van der Waals surface area contributed by atoms with E-state index in [1.54, 1.807) is 0 Å². The highest BCUT2D eigenvalue weighted by atomic mass is 35.5. The van der Waals surface area contributed by atoms with Gasteiger partial charge >= 0.3 is 0 Å². The molecule has 1 aromatic carbocycles. The maximum atomic E-state index is 6.05. The van der Waals surface area contributed by atoms with Crippen LogP contribution in [0.15, 0.2) is 30.6 Å². The summed E-state index contributed by atoms with van der Waals surface area (Å²) in [6, 6.07) is 7.58. The Morgan fingerprint density at radius 2 is 1.95 bits per heavy atom. The molecule has 6 heteroatoms. The van der Waals surface area contributed by atoms with Crippen LogP contribution in [0.5, 0.6) is 0 Å². The maximum absolute atomic E-state index is 6.05. The lowest BCUT2D eigenvalue weighted by Crippen LogP contribution is -2.03. The molecule has 3 aromatic rings. The maximum Gasteiger partial charge on any atom is 0.163 e. The number of nitrogen functional groups attached to an aromatic ring is 1. The van der Waals surface area contributed by atoms with Crippen molar-refractivity contribution in [3.8, 4) is 11.3 Å². The summed E-state index contributed by atoms with van der Waals surface area (Å²) in [7, 11) is 0. The molecule has 2 heterocycles. The molecule has 1 aliphatic carbocycles. The molecule has 1 saturated carbocycles. The monoisotopic (exact) mass is 299 g/mol. The Morgan fingerprint density at radius 3 is 2.67 bits per heavy atom. The lowest BCUT2D eigenvalue weighted by atomic mass is 10.1. The number of hydrogen-bond acceptors (Lipinski definition) is 4. The van der Waals surface area contributed by atoms with Crippen molar-refractivity contribution in [1.29, 1.82) is 0 Å². The van der Waals surface area contributed by atoms with Gasteiger partial charge in [0, 0.05) is 17.1 Å². The SMILES string of the molecule is Nc1ncnc2c1c(-c1ccc(Cl)cc1)nn2CC1CC1. The van der Waals surface area contributed by atoms with Crippen molar-refractivity contribution in [3.05, 3.63) is 35.6 Å². The molecule has 1 fully saturated rings. The van der Waals surface area contributed by atoms with Crippen molar-refractivity contribution < 1.29 is 0 Å². The molecule has 0 spiro atoms. The van der Waals surface area contributed by atoms with Crippen LogP contribution < -0.4 is 5.73 Å².